The second-order valence-electron chi connectivity index (χ2n) is 5.60. The number of aliphatic hydroxyl groups excluding tert-OH is 1. The SMILES string of the molecule is NC(=O)c1ccc(CNc2ccc(OCCO)cc2C(F)(F)F)c([N+](=O)[O-])c1. The fourth-order valence-electron chi connectivity index (χ4n) is 2.39. The molecule has 2 aromatic carbocycles. The number of aliphatic hydroxyl groups is 1. The third-order valence-corrected chi connectivity index (χ3v) is 3.69. The van der Waals surface area contributed by atoms with Crippen molar-refractivity contribution >= 4 is 17.3 Å². The molecule has 0 saturated carbocycles. The van der Waals surface area contributed by atoms with Gasteiger partial charge in [-0.1, -0.05) is 0 Å². The highest BCUT2D eigenvalue weighted by molar-refractivity contribution is 5.93. The lowest BCUT2D eigenvalue weighted by Crippen LogP contribution is -2.14. The Morgan fingerprint density at radius 2 is 1.96 bits per heavy atom. The van der Waals surface area contributed by atoms with Gasteiger partial charge in [0.05, 0.1) is 17.1 Å². The zero-order valence-corrected chi connectivity index (χ0v) is 14.3. The van der Waals surface area contributed by atoms with Gasteiger partial charge in [-0.2, -0.15) is 13.2 Å². The summed E-state index contributed by atoms with van der Waals surface area (Å²) in [6, 6.07) is 6.63. The lowest BCUT2D eigenvalue weighted by atomic mass is 10.1. The van der Waals surface area contributed by atoms with Gasteiger partial charge in [0.15, 0.2) is 0 Å². The van der Waals surface area contributed by atoms with E-state index in [1.165, 1.54) is 18.2 Å². The predicted molar refractivity (Wildman–Crippen MR) is 93.0 cm³/mol. The summed E-state index contributed by atoms with van der Waals surface area (Å²) in [6.07, 6.45) is -4.71. The Morgan fingerprint density at radius 1 is 1.25 bits per heavy atom. The molecule has 11 heteroatoms. The van der Waals surface area contributed by atoms with Crippen LogP contribution in [-0.2, 0) is 12.7 Å². The summed E-state index contributed by atoms with van der Waals surface area (Å²) in [6.45, 7) is -0.815. The third-order valence-electron chi connectivity index (χ3n) is 3.69. The number of carbonyl (C=O) groups is 1. The van der Waals surface area contributed by atoms with Gasteiger partial charge >= 0.3 is 6.18 Å². The first kappa shape index (κ1) is 21.0. The molecular formula is C17H16F3N3O5. The number of hydrogen-bond donors (Lipinski definition) is 3. The molecule has 0 spiro atoms. The molecule has 0 unspecified atom stereocenters. The lowest BCUT2D eigenvalue weighted by Gasteiger charge is -2.16. The number of carbonyl (C=O) groups excluding carboxylic acids is 1. The largest absolute Gasteiger partial charge is 0.491 e. The summed E-state index contributed by atoms with van der Waals surface area (Å²) in [7, 11) is 0. The van der Waals surface area contributed by atoms with E-state index in [1.807, 2.05) is 0 Å². The van der Waals surface area contributed by atoms with Crippen molar-refractivity contribution in [2.24, 2.45) is 5.73 Å². The van der Waals surface area contributed by atoms with E-state index in [1.54, 1.807) is 0 Å². The second kappa shape index (κ2) is 8.57. The first-order chi connectivity index (χ1) is 13.1. The van der Waals surface area contributed by atoms with E-state index in [4.69, 9.17) is 15.6 Å². The average Bonchev–Trinajstić information content (AvgIpc) is 2.63. The topological polar surface area (TPSA) is 128 Å². The number of nitrogens with two attached hydrogens (primary N) is 1. The summed E-state index contributed by atoms with van der Waals surface area (Å²) in [4.78, 5) is 21.6. The molecule has 28 heavy (non-hydrogen) atoms. The van der Waals surface area contributed by atoms with Crippen molar-refractivity contribution in [2.45, 2.75) is 12.7 Å². The van der Waals surface area contributed by atoms with Crippen LogP contribution in [0.1, 0.15) is 21.5 Å². The Bertz CT molecular complexity index is 887. The summed E-state index contributed by atoms with van der Waals surface area (Å²) >= 11 is 0. The van der Waals surface area contributed by atoms with E-state index in [0.717, 1.165) is 18.2 Å². The van der Waals surface area contributed by atoms with E-state index in [0.29, 0.717) is 0 Å². The molecule has 1 amide bonds. The highest BCUT2D eigenvalue weighted by Crippen LogP contribution is 2.37. The standard InChI is InChI=1S/C17H16F3N3O5/c18-17(19,20)13-8-12(28-6-5-24)3-4-14(13)22-9-11-2-1-10(16(21)25)7-15(11)23(26)27/h1-4,7-8,22,24H,5-6,9H2,(H2,21,25). The maximum atomic E-state index is 13.3. The van der Waals surface area contributed by atoms with Gasteiger partial charge in [0.25, 0.3) is 5.69 Å². The molecular weight excluding hydrogens is 383 g/mol. The van der Waals surface area contributed by atoms with Gasteiger partial charge in [-0.05, 0) is 30.3 Å². The Labute approximate surface area is 156 Å². The zero-order chi connectivity index (χ0) is 20.9. The van der Waals surface area contributed by atoms with Crippen molar-refractivity contribution < 1.29 is 32.7 Å². The van der Waals surface area contributed by atoms with Gasteiger partial charge in [0.2, 0.25) is 5.91 Å². The number of nitro benzene ring substituents is 1. The molecule has 0 radical (unpaired) electrons. The number of nitrogens with zero attached hydrogens (tertiary/aromatic N) is 1. The van der Waals surface area contributed by atoms with Crippen molar-refractivity contribution in [1.29, 1.82) is 0 Å². The molecule has 0 atom stereocenters. The molecule has 2 rings (SSSR count). The molecule has 0 aliphatic heterocycles. The van der Waals surface area contributed by atoms with Crippen LogP contribution in [0, 0.1) is 10.1 Å². The smallest absolute Gasteiger partial charge is 0.418 e. The van der Waals surface area contributed by atoms with Gasteiger partial charge < -0.3 is 20.9 Å². The van der Waals surface area contributed by atoms with E-state index >= 15 is 0 Å². The van der Waals surface area contributed by atoms with E-state index < -0.39 is 28.3 Å². The minimum Gasteiger partial charge on any atom is -0.491 e. The second-order valence-corrected chi connectivity index (χ2v) is 5.60. The van der Waals surface area contributed by atoms with Gasteiger partial charge in [-0.3, -0.25) is 14.9 Å². The number of alkyl halides is 3. The number of primary amides is 1. The summed E-state index contributed by atoms with van der Waals surface area (Å²) in [5.74, 6) is -0.941. The van der Waals surface area contributed by atoms with Crippen molar-refractivity contribution in [3.8, 4) is 5.75 Å². The number of benzene rings is 2. The van der Waals surface area contributed by atoms with Gasteiger partial charge in [-0.15, -0.1) is 0 Å². The minimum atomic E-state index is -4.71. The van der Waals surface area contributed by atoms with Crippen molar-refractivity contribution in [1.82, 2.24) is 0 Å². The number of ether oxygens (including phenoxy) is 1. The van der Waals surface area contributed by atoms with Crippen molar-refractivity contribution in [3.63, 3.8) is 0 Å². The molecule has 2 aromatic rings. The molecule has 8 nitrogen and oxygen atoms in total. The molecule has 0 fully saturated rings. The number of amides is 1. The first-order valence-electron chi connectivity index (χ1n) is 7.89. The summed E-state index contributed by atoms with van der Waals surface area (Å²) < 4.78 is 44.9. The van der Waals surface area contributed by atoms with Crippen LogP contribution in [-0.4, -0.2) is 29.2 Å². The molecule has 150 valence electrons. The number of nitrogens with one attached hydrogen (secondary N) is 1. The van der Waals surface area contributed by atoms with Gasteiger partial charge in [0, 0.05) is 29.4 Å². The maximum absolute atomic E-state index is 13.3. The molecule has 0 heterocycles. The van der Waals surface area contributed by atoms with Gasteiger partial charge in [0.1, 0.15) is 12.4 Å². The van der Waals surface area contributed by atoms with Crippen molar-refractivity contribution in [2.75, 3.05) is 18.5 Å². The normalized spacial score (nSPS) is 11.1. The van der Waals surface area contributed by atoms with Crippen molar-refractivity contribution in [3.05, 3.63) is 63.2 Å². The number of nitro groups is 1. The Kier molecular flexibility index (Phi) is 6.41. The van der Waals surface area contributed by atoms with Crippen LogP contribution >= 0.6 is 0 Å². The van der Waals surface area contributed by atoms with Crippen LogP contribution in [0.2, 0.25) is 0 Å². The number of hydrogen-bond acceptors (Lipinski definition) is 6. The lowest BCUT2D eigenvalue weighted by molar-refractivity contribution is -0.385. The van der Waals surface area contributed by atoms with Crippen LogP contribution in [0.15, 0.2) is 36.4 Å². The summed E-state index contributed by atoms with van der Waals surface area (Å²) in [5.41, 5.74) is 3.29. The minimum absolute atomic E-state index is 0.0729. The number of halogens is 3. The molecule has 0 aromatic heterocycles. The van der Waals surface area contributed by atoms with Crippen LogP contribution < -0.4 is 15.8 Å². The maximum Gasteiger partial charge on any atom is 0.418 e. The molecule has 0 aliphatic rings. The first-order valence-corrected chi connectivity index (χ1v) is 7.89. The third kappa shape index (κ3) is 5.10. The van der Waals surface area contributed by atoms with E-state index in [9.17, 15) is 28.1 Å². The zero-order valence-electron chi connectivity index (χ0n) is 14.3. The number of anilines is 1. The quantitative estimate of drug-likeness (QED) is 0.463. The molecule has 0 bridgehead atoms. The molecule has 0 saturated heterocycles. The average molecular weight is 399 g/mol. The monoisotopic (exact) mass is 399 g/mol. The highest BCUT2D eigenvalue weighted by Gasteiger charge is 2.34. The van der Waals surface area contributed by atoms with Crippen LogP contribution in [0.25, 0.3) is 0 Å². The van der Waals surface area contributed by atoms with Gasteiger partial charge in [-0.25, -0.2) is 0 Å². The Balaban J connectivity index is 2.31. The Morgan fingerprint density at radius 3 is 2.54 bits per heavy atom. The fourth-order valence-corrected chi connectivity index (χ4v) is 2.39. The number of rotatable bonds is 8. The predicted octanol–water partition coefficient (Wildman–Crippen LogP) is 2.70. The van der Waals surface area contributed by atoms with E-state index in [-0.39, 0.29) is 42.3 Å². The summed E-state index contributed by atoms with van der Waals surface area (Å²) in [5, 5.41) is 22.4. The molecule has 4 N–H and O–H groups in total. The fraction of sp³-hybridized carbons (Fsp3) is 0.235. The van der Waals surface area contributed by atoms with E-state index in [2.05, 4.69) is 5.32 Å². The Hall–Kier alpha value is -3.34. The van der Waals surface area contributed by atoms with Crippen LogP contribution in [0.3, 0.4) is 0 Å². The van der Waals surface area contributed by atoms with Crippen LogP contribution in [0.5, 0.6) is 5.75 Å². The molecule has 0 aliphatic carbocycles. The van der Waals surface area contributed by atoms with Crippen LogP contribution in [0.4, 0.5) is 24.5 Å². The highest BCUT2D eigenvalue weighted by atomic mass is 19.4.